The van der Waals surface area contributed by atoms with Gasteiger partial charge in [-0.3, -0.25) is 0 Å². The summed E-state index contributed by atoms with van der Waals surface area (Å²) in [6, 6.07) is 2.43. The highest BCUT2D eigenvalue weighted by Gasteiger charge is 2.46. The number of nitriles is 1. The van der Waals surface area contributed by atoms with Crippen LogP contribution in [-0.4, -0.2) is 17.5 Å². The number of hydrogen-bond donors (Lipinski definition) is 0. The fraction of sp³-hybridized carbons (Fsp3) is 0.812. The zero-order valence-corrected chi connectivity index (χ0v) is 12.2. The molecule has 0 aromatic rings. The van der Waals surface area contributed by atoms with Crippen LogP contribution in [0.15, 0.2) is 12.7 Å². The molecule has 2 rings (SSSR count). The van der Waals surface area contributed by atoms with E-state index in [1.807, 2.05) is 13.8 Å². The lowest BCUT2D eigenvalue weighted by atomic mass is 9.78. The molecule has 1 aliphatic heterocycles. The first kappa shape index (κ1) is 14.6. The van der Waals surface area contributed by atoms with Crippen LogP contribution in [0.2, 0.25) is 0 Å². The van der Waals surface area contributed by atoms with Crippen molar-refractivity contribution in [3.8, 4) is 6.07 Å². The van der Waals surface area contributed by atoms with Gasteiger partial charge in [-0.1, -0.05) is 38.2 Å². The normalized spacial score (nSPS) is 35.5. The molecule has 2 atom stereocenters. The summed E-state index contributed by atoms with van der Waals surface area (Å²) in [7, 11) is 0. The smallest absolute Gasteiger partial charge is 0.165 e. The lowest BCUT2D eigenvalue weighted by Crippen LogP contribution is -2.52. The average molecular weight is 263 g/mol. The van der Waals surface area contributed by atoms with Crippen molar-refractivity contribution in [2.75, 3.05) is 0 Å². The molecule has 1 saturated heterocycles. The second-order valence-electron chi connectivity index (χ2n) is 6.41. The van der Waals surface area contributed by atoms with Gasteiger partial charge in [-0.15, -0.1) is 6.58 Å². The Morgan fingerprint density at radius 2 is 2.00 bits per heavy atom. The van der Waals surface area contributed by atoms with Gasteiger partial charge in [0.15, 0.2) is 11.4 Å². The third-order valence-corrected chi connectivity index (χ3v) is 4.22. The SMILES string of the molecule is C=C[C@H]1C[C@](C#N)(CC2CCCCC2)OC(C)(C)O1. The van der Waals surface area contributed by atoms with Crippen molar-refractivity contribution in [3.63, 3.8) is 0 Å². The first-order valence-corrected chi connectivity index (χ1v) is 7.40. The van der Waals surface area contributed by atoms with Crippen LogP contribution in [0.4, 0.5) is 0 Å². The fourth-order valence-corrected chi connectivity index (χ4v) is 3.50. The first-order chi connectivity index (χ1) is 8.99. The Labute approximate surface area is 116 Å². The van der Waals surface area contributed by atoms with Crippen LogP contribution in [0.25, 0.3) is 0 Å². The largest absolute Gasteiger partial charge is 0.343 e. The molecule has 0 N–H and O–H groups in total. The minimum absolute atomic E-state index is 0.0907. The van der Waals surface area contributed by atoms with Crippen LogP contribution in [-0.2, 0) is 9.47 Å². The summed E-state index contributed by atoms with van der Waals surface area (Å²) in [5.41, 5.74) is -0.706. The van der Waals surface area contributed by atoms with E-state index in [4.69, 9.17) is 9.47 Å². The molecule has 1 aliphatic carbocycles. The van der Waals surface area contributed by atoms with Crippen molar-refractivity contribution < 1.29 is 9.47 Å². The molecule has 0 aromatic heterocycles. The van der Waals surface area contributed by atoms with E-state index in [2.05, 4.69) is 12.6 Å². The first-order valence-electron chi connectivity index (χ1n) is 7.40. The molecule has 1 heterocycles. The second kappa shape index (κ2) is 5.64. The number of rotatable bonds is 3. The molecule has 0 radical (unpaired) electrons. The van der Waals surface area contributed by atoms with Gasteiger partial charge in [0.2, 0.25) is 0 Å². The molecule has 0 amide bonds. The minimum atomic E-state index is -0.707. The van der Waals surface area contributed by atoms with Crippen LogP contribution >= 0.6 is 0 Å². The van der Waals surface area contributed by atoms with Gasteiger partial charge < -0.3 is 9.47 Å². The highest BCUT2D eigenvalue weighted by molar-refractivity contribution is 5.09. The summed E-state index contributed by atoms with van der Waals surface area (Å²) >= 11 is 0. The Hall–Kier alpha value is -0.850. The van der Waals surface area contributed by atoms with E-state index in [-0.39, 0.29) is 6.10 Å². The number of nitrogens with zero attached hydrogens (tertiary/aromatic N) is 1. The summed E-state index contributed by atoms with van der Waals surface area (Å²) in [5.74, 6) is -0.0885. The number of ether oxygens (including phenoxy) is 2. The van der Waals surface area contributed by atoms with Gasteiger partial charge in [-0.05, 0) is 26.2 Å². The van der Waals surface area contributed by atoms with Crippen molar-refractivity contribution in [3.05, 3.63) is 12.7 Å². The zero-order valence-electron chi connectivity index (χ0n) is 12.2. The van der Waals surface area contributed by atoms with Crippen LogP contribution in [0, 0.1) is 17.2 Å². The molecule has 2 aliphatic rings. The molecule has 0 aromatic carbocycles. The molecular weight excluding hydrogens is 238 g/mol. The molecular formula is C16H25NO2. The Morgan fingerprint density at radius 1 is 1.32 bits per heavy atom. The Balaban J connectivity index is 2.11. The van der Waals surface area contributed by atoms with Crippen molar-refractivity contribution in [2.45, 2.75) is 76.3 Å². The molecule has 0 unspecified atom stereocenters. The van der Waals surface area contributed by atoms with Gasteiger partial charge >= 0.3 is 0 Å². The van der Waals surface area contributed by atoms with Gasteiger partial charge in [-0.25, -0.2) is 0 Å². The lowest BCUT2D eigenvalue weighted by molar-refractivity contribution is -0.314. The summed E-state index contributed by atoms with van der Waals surface area (Å²) in [6.45, 7) is 7.58. The minimum Gasteiger partial charge on any atom is -0.343 e. The molecule has 3 heteroatoms. The van der Waals surface area contributed by atoms with Crippen LogP contribution < -0.4 is 0 Å². The maximum Gasteiger partial charge on any atom is 0.165 e. The summed E-state index contributed by atoms with van der Waals surface area (Å²) in [4.78, 5) is 0. The third kappa shape index (κ3) is 3.58. The van der Waals surface area contributed by atoms with E-state index in [1.54, 1.807) is 6.08 Å². The van der Waals surface area contributed by atoms with E-state index in [0.29, 0.717) is 12.3 Å². The molecule has 0 bridgehead atoms. The highest BCUT2D eigenvalue weighted by Crippen LogP contribution is 2.41. The molecule has 0 spiro atoms. The molecule has 19 heavy (non-hydrogen) atoms. The van der Waals surface area contributed by atoms with E-state index >= 15 is 0 Å². The van der Waals surface area contributed by atoms with Crippen LogP contribution in [0.3, 0.4) is 0 Å². The van der Waals surface area contributed by atoms with Gasteiger partial charge in [0.25, 0.3) is 0 Å². The molecule has 106 valence electrons. The monoisotopic (exact) mass is 263 g/mol. The Kier molecular flexibility index (Phi) is 4.32. The molecule has 1 saturated carbocycles. The molecule has 2 fully saturated rings. The van der Waals surface area contributed by atoms with Crippen molar-refractivity contribution in [1.82, 2.24) is 0 Å². The standard InChI is InChI=1S/C16H25NO2/c1-4-14-11-16(12-17,19-15(2,3)18-14)10-13-8-6-5-7-9-13/h4,13-14H,1,5-11H2,2-3H3/t14-,16-/m0/s1. The topological polar surface area (TPSA) is 42.2 Å². The van der Waals surface area contributed by atoms with Crippen molar-refractivity contribution in [1.29, 1.82) is 5.26 Å². The van der Waals surface area contributed by atoms with Gasteiger partial charge in [-0.2, -0.15) is 5.26 Å². The van der Waals surface area contributed by atoms with Crippen LogP contribution in [0.5, 0.6) is 0 Å². The fourth-order valence-electron chi connectivity index (χ4n) is 3.50. The van der Waals surface area contributed by atoms with Crippen LogP contribution in [0.1, 0.15) is 58.8 Å². The summed E-state index contributed by atoms with van der Waals surface area (Å²) in [5, 5.41) is 9.65. The Bertz CT molecular complexity index is 365. The zero-order chi connectivity index (χ0) is 13.9. The number of hydrogen-bond acceptors (Lipinski definition) is 3. The average Bonchev–Trinajstić information content (AvgIpc) is 2.38. The van der Waals surface area contributed by atoms with E-state index in [1.165, 1.54) is 32.1 Å². The van der Waals surface area contributed by atoms with E-state index in [0.717, 1.165) is 6.42 Å². The van der Waals surface area contributed by atoms with E-state index < -0.39 is 11.4 Å². The summed E-state index contributed by atoms with van der Waals surface area (Å²) < 4.78 is 11.8. The van der Waals surface area contributed by atoms with Crippen molar-refractivity contribution in [2.24, 2.45) is 5.92 Å². The maximum absolute atomic E-state index is 9.65. The molecule has 3 nitrogen and oxygen atoms in total. The predicted octanol–water partition coefficient (Wildman–Crippen LogP) is 3.95. The quantitative estimate of drug-likeness (QED) is 0.724. The van der Waals surface area contributed by atoms with Crippen molar-refractivity contribution >= 4 is 0 Å². The van der Waals surface area contributed by atoms with E-state index in [9.17, 15) is 5.26 Å². The second-order valence-corrected chi connectivity index (χ2v) is 6.41. The van der Waals surface area contributed by atoms with Gasteiger partial charge in [0.05, 0.1) is 12.2 Å². The highest BCUT2D eigenvalue weighted by atomic mass is 16.7. The lowest BCUT2D eigenvalue weighted by Gasteiger charge is -2.45. The Morgan fingerprint density at radius 3 is 2.58 bits per heavy atom. The maximum atomic E-state index is 9.65. The summed E-state index contributed by atoms with van der Waals surface area (Å²) in [6.07, 6.45) is 9.51. The van der Waals surface area contributed by atoms with Gasteiger partial charge in [0, 0.05) is 6.42 Å². The predicted molar refractivity (Wildman–Crippen MR) is 74.4 cm³/mol. The third-order valence-electron chi connectivity index (χ3n) is 4.22. The van der Waals surface area contributed by atoms with Gasteiger partial charge in [0.1, 0.15) is 0 Å².